The van der Waals surface area contributed by atoms with Crippen LogP contribution < -0.4 is 5.36 Å². The molecule has 0 bridgehead atoms. The molecule has 0 aliphatic rings. The van der Waals surface area contributed by atoms with Gasteiger partial charge >= 0.3 is 12.1 Å². The van der Waals surface area contributed by atoms with Gasteiger partial charge in [-0.25, -0.2) is 4.99 Å². The Kier molecular flexibility index (Phi) is 3.80. The van der Waals surface area contributed by atoms with Crippen LogP contribution in [0.5, 0.6) is 0 Å². The Bertz CT molecular complexity index is 1570. The number of carbonyl (C=O) groups is 1. The van der Waals surface area contributed by atoms with Gasteiger partial charge in [0, 0.05) is 30.3 Å². The molecule has 3 aromatic carbocycles. The standard InChI is InChI=1S/C23H16F3N3O/c1-28-17-8-4-3-6-16(17)21-20-15(7-5-9-18(20)28)14-11-10-13(12-19(14)29(21)2)27-22(30)23(24,25)26/h3-12H,1-2H3. The van der Waals surface area contributed by atoms with Gasteiger partial charge in [0.25, 0.3) is 0 Å². The highest BCUT2D eigenvalue weighted by Crippen LogP contribution is 2.36. The Morgan fingerprint density at radius 3 is 2.27 bits per heavy atom. The van der Waals surface area contributed by atoms with Crippen molar-refractivity contribution in [1.82, 2.24) is 9.13 Å². The fourth-order valence-electron chi connectivity index (χ4n) is 4.27. The number of hydrogen-bond acceptors (Lipinski definition) is 1. The van der Waals surface area contributed by atoms with E-state index in [9.17, 15) is 18.0 Å². The zero-order valence-electron chi connectivity index (χ0n) is 16.2. The lowest BCUT2D eigenvalue weighted by molar-refractivity contribution is -0.169. The summed E-state index contributed by atoms with van der Waals surface area (Å²) in [5, 5.41) is 3.95. The van der Waals surface area contributed by atoms with E-state index in [2.05, 4.69) is 15.6 Å². The molecule has 4 nitrogen and oxygen atoms in total. The van der Waals surface area contributed by atoms with Gasteiger partial charge in [-0.2, -0.15) is 13.2 Å². The molecule has 0 atom stereocenters. The number of fused-ring (bicyclic) bond motifs is 4. The number of nitrogens with zero attached hydrogens (tertiary/aromatic N) is 3. The van der Waals surface area contributed by atoms with Crippen molar-refractivity contribution in [3.63, 3.8) is 0 Å². The normalized spacial score (nSPS) is 13.2. The molecule has 0 saturated heterocycles. The average Bonchev–Trinajstić information content (AvgIpc) is 2.72. The summed E-state index contributed by atoms with van der Waals surface area (Å²) < 4.78 is 42.1. The number of pyridine rings is 2. The second kappa shape index (κ2) is 6.19. The molecular weight excluding hydrogens is 391 g/mol. The van der Waals surface area contributed by atoms with Crippen LogP contribution in [0.4, 0.5) is 13.2 Å². The van der Waals surface area contributed by atoms with Gasteiger partial charge in [0.15, 0.2) is 0 Å². The largest absolute Gasteiger partial charge is 0.473 e. The quantitative estimate of drug-likeness (QED) is 0.264. The van der Waals surface area contributed by atoms with E-state index in [1.807, 2.05) is 55.1 Å². The Morgan fingerprint density at radius 2 is 1.50 bits per heavy atom. The fraction of sp³-hybridized carbons (Fsp3) is 0.130. The van der Waals surface area contributed by atoms with Gasteiger partial charge < -0.3 is 9.13 Å². The van der Waals surface area contributed by atoms with Crippen LogP contribution in [0.15, 0.2) is 65.7 Å². The topological polar surface area (TPSA) is 39.3 Å². The lowest BCUT2D eigenvalue weighted by Crippen LogP contribution is -2.23. The average molecular weight is 407 g/mol. The number of rotatable bonds is 0. The molecule has 0 fully saturated rings. The van der Waals surface area contributed by atoms with Crippen molar-refractivity contribution >= 4 is 49.5 Å². The monoisotopic (exact) mass is 407 g/mol. The van der Waals surface area contributed by atoms with Gasteiger partial charge in [-0.1, -0.05) is 36.4 Å². The van der Waals surface area contributed by atoms with Crippen molar-refractivity contribution in [3.05, 3.63) is 66.0 Å². The molecule has 5 aromatic rings. The molecule has 0 radical (unpaired) electrons. The molecule has 7 heteroatoms. The third-order valence-electron chi connectivity index (χ3n) is 5.60. The SMILES string of the molecule is Cn1c2ccccc2c2c3c(cccc31)c1ccc(=NC(=O)C(F)(F)F)cc1n2C. The molecule has 2 aromatic heterocycles. The number of aromatic nitrogens is 2. The van der Waals surface area contributed by atoms with Crippen LogP contribution in [-0.2, 0) is 18.9 Å². The van der Waals surface area contributed by atoms with Gasteiger partial charge in [0.1, 0.15) is 0 Å². The molecule has 0 saturated carbocycles. The van der Waals surface area contributed by atoms with Crippen LogP contribution in [0, 0.1) is 0 Å². The van der Waals surface area contributed by atoms with E-state index in [4.69, 9.17) is 0 Å². The smallest absolute Gasteiger partial charge is 0.344 e. The van der Waals surface area contributed by atoms with Crippen LogP contribution in [-0.4, -0.2) is 21.2 Å². The van der Waals surface area contributed by atoms with E-state index in [-0.39, 0.29) is 5.36 Å². The van der Waals surface area contributed by atoms with Crippen molar-refractivity contribution in [2.75, 3.05) is 0 Å². The number of amides is 1. The van der Waals surface area contributed by atoms with Crippen molar-refractivity contribution in [1.29, 1.82) is 0 Å². The first-order valence-corrected chi connectivity index (χ1v) is 9.32. The number of para-hydroxylation sites is 1. The number of aryl methyl sites for hydroxylation is 2. The Hall–Kier alpha value is -3.61. The van der Waals surface area contributed by atoms with Crippen molar-refractivity contribution in [3.8, 4) is 0 Å². The van der Waals surface area contributed by atoms with E-state index in [0.29, 0.717) is 5.52 Å². The molecule has 0 aliphatic carbocycles. The zero-order chi connectivity index (χ0) is 21.2. The molecule has 0 unspecified atom stereocenters. The molecule has 1 amide bonds. The van der Waals surface area contributed by atoms with Crippen LogP contribution in [0.25, 0.3) is 43.6 Å². The van der Waals surface area contributed by atoms with Crippen LogP contribution in [0.2, 0.25) is 0 Å². The van der Waals surface area contributed by atoms with Crippen molar-refractivity contribution in [2.24, 2.45) is 19.1 Å². The molecular formula is C23H16F3N3O. The highest BCUT2D eigenvalue weighted by molar-refractivity contribution is 6.24. The third kappa shape index (κ3) is 2.55. The van der Waals surface area contributed by atoms with E-state index >= 15 is 0 Å². The number of carbonyl (C=O) groups excluding carboxylic acids is 1. The maximum atomic E-state index is 12.7. The third-order valence-corrected chi connectivity index (χ3v) is 5.60. The molecule has 30 heavy (non-hydrogen) atoms. The highest BCUT2D eigenvalue weighted by atomic mass is 19.4. The van der Waals surface area contributed by atoms with Gasteiger partial charge in [0.2, 0.25) is 0 Å². The summed E-state index contributed by atoms with van der Waals surface area (Å²) >= 11 is 0. The summed E-state index contributed by atoms with van der Waals surface area (Å²) in [4.78, 5) is 14.6. The molecule has 0 N–H and O–H groups in total. The highest BCUT2D eigenvalue weighted by Gasteiger charge is 2.38. The van der Waals surface area contributed by atoms with Gasteiger partial charge in [-0.3, -0.25) is 4.79 Å². The minimum absolute atomic E-state index is 0.0238. The zero-order valence-corrected chi connectivity index (χ0v) is 16.2. The molecule has 150 valence electrons. The molecule has 0 spiro atoms. The summed E-state index contributed by atoms with van der Waals surface area (Å²) in [7, 11) is 3.90. The first-order valence-electron chi connectivity index (χ1n) is 9.32. The molecule has 0 aliphatic heterocycles. The summed E-state index contributed by atoms with van der Waals surface area (Å²) in [6, 6.07) is 18.7. The Labute approximate surface area is 168 Å². The lowest BCUT2D eigenvalue weighted by atomic mass is 9.99. The predicted octanol–water partition coefficient (Wildman–Crippen LogP) is 4.97. The second-order valence-corrected chi connectivity index (χ2v) is 7.30. The van der Waals surface area contributed by atoms with Crippen molar-refractivity contribution < 1.29 is 18.0 Å². The van der Waals surface area contributed by atoms with Crippen LogP contribution in [0.1, 0.15) is 0 Å². The number of halogens is 3. The predicted molar refractivity (Wildman–Crippen MR) is 111 cm³/mol. The van der Waals surface area contributed by atoms with Crippen LogP contribution in [0.3, 0.4) is 0 Å². The van der Waals surface area contributed by atoms with Gasteiger partial charge in [0.05, 0.1) is 27.4 Å². The summed E-state index contributed by atoms with van der Waals surface area (Å²) in [5.41, 5.74) is 3.77. The lowest BCUT2D eigenvalue weighted by Gasteiger charge is -2.20. The van der Waals surface area contributed by atoms with Gasteiger partial charge in [-0.15, -0.1) is 0 Å². The second-order valence-electron chi connectivity index (χ2n) is 7.30. The minimum Gasteiger partial charge on any atom is -0.344 e. The Morgan fingerprint density at radius 1 is 0.800 bits per heavy atom. The summed E-state index contributed by atoms with van der Waals surface area (Å²) in [6.45, 7) is 0. The van der Waals surface area contributed by atoms with Gasteiger partial charge in [-0.05, 0) is 29.7 Å². The van der Waals surface area contributed by atoms with E-state index in [1.165, 1.54) is 12.1 Å². The fourth-order valence-corrected chi connectivity index (χ4v) is 4.27. The first kappa shape index (κ1) is 18.4. The summed E-state index contributed by atoms with van der Waals surface area (Å²) in [6.07, 6.45) is -5.00. The van der Waals surface area contributed by atoms with E-state index in [0.717, 1.165) is 38.1 Å². The van der Waals surface area contributed by atoms with E-state index in [1.54, 1.807) is 6.07 Å². The Balaban J connectivity index is 2.00. The number of alkyl halides is 3. The van der Waals surface area contributed by atoms with Crippen LogP contribution >= 0.6 is 0 Å². The number of benzene rings is 3. The first-order chi connectivity index (χ1) is 14.3. The molecule has 5 rings (SSSR count). The number of hydrogen-bond donors (Lipinski definition) is 0. The summed E-state index contributed by atoms with van der Waals surface area (Å²) in [5.74, 6) is -2.11. The molecule has 2 heterocycles. The van der Waals surface area contributed by atoms with E-state index < -0.39 is 12.1 Å². The maximum absolute atomic E-state index is 12.7. The maximum Gasteiger partial charge on any atom is 0.473 e. The van der Waals surface area contributed by atoms with Crippen molar-refractivity contribution in [2.45, 2.75) is 6.18 Å². The minimum atomic E-state index is -5.00.